The van der Waals surface area contributed by atoms with Crippen molar-refractivity contribution in [2.24, 2.45) is 0 Å². The molecule has 1 unspecified atom stereocenters. The summed E-state index contributed by atoms with van der Waals surface area (Å²) in [5.74, 6) is 1.27. The molecular formula is C8H13ClN2O2. The Hall–Kier alpha value is -0.610. The molecule has 0 aromatic carbocycles. The Bertz CT molecular complexity index is 252. The fraction of sp³-hybridized carbons (Fsp3) is 0.750. The van der Waals surface area contributed by atoms with Crippen molar-refractivity contribution in [3.8, 4) is 0 Å². The molecule has 1 aromatic rings. The second-order valence-corrected chi connectivity index (χ2v) is 2.96. The van der Waals surface area contributed by atoms with Crippen LogP contribution >= 0.6 is 11.6 Å². The Morgan fingerprint density at radius 1 is 1.62 bits per heavy atom. The lowest BCUT2D eigenvalue weighted by Gasteiger charge is -2.08. The third kappa shape index (κ3) is 2.67. The Morgan fingerprint density at radius 3 is 2.85 bits per heavy atom. The van der Waals surface area contributed by atoms with Gasteiger partial charge in [0.1, 0.15) is 12.0 Å². The molecule has 1 aromatic heterocycles. The third-order valence-electron chi connectivity index (χ3n) is 1.72. The average Bonchev–Trinajstić information content (AvgIpc) is 2.62. The van der Waals surface area contributed by atoms with Gasteiger partial charge in [0.2, 0.25) is 11.7 Å². The number of halogens is 1. The summed E-state index contributed by atoms with van der Waals surface area (Å²) in [4.78, 5) is 4.08. The number of hydrogen-bond donors (Lipinski definition) is 0. The largest absolute Gasteiger partial charge is 0.373 e. The minimum atomic E-state index is -0.0780. The zero-order valence-corrected chi connectivity index (χ0v) is 8.54. The van der Waals surface area contributed by atoms with Gasteiger partial charge in [0.25, 0.3) is 0 Å². The van der Waals surface area contributed by atoms with E-state index in [2.05, 4.69) is 17.1 Å². The van der Waals surface area contributed by atoms with Gasteiger partial charge in [0.05, 0.1) is 0 Å². The van der Waals surface area contributed by atoms with Gasteiger partial charge in [-0.3, -0.25) is 0 Å². The predicted octanol–water partition coefficient (Wildman–Crippen LogP) is 2.30. The quantitative estimate of drug-likeness (QED) is 0.691. The second-order valence-electron chi connectivity index (χ2n) is 2.69. The molecular weight excluding hydrogens is 192 g/mol. The van der Waals surface area contributed by atoms with Gasteiger partial charge < -0.3 is 9.26 Å². The Kier molecular flexibility index (Phi) is 4.18. The zero-order valence-electron chi connectivity index (χ0n) is 7.79. The molecule has 0 saturated carbocycles. The monoisotopic (exact) mass is 204 g/mol. The van der Waals surface area contributed by atoms with E-state index in [1.807, 2.05) is 0 Å². The molecule has 0 aliphatic carbocycles. The van der Waals surface area contributed by atoms with Crippen LogP contribution in [0.5, 0.6) is 0 Å². The van der Waals surface area contributed by atoms with Crippen LogP contribution in [0, 0.1) is 0 Å². The minimum Gasteiger partial charge on any atom is -0.373 e. The first-order chi connectivity index (χ1) is 6.31. The molecule has 13 heavy (non-hydrogen) atoms. The molecule has 4 nitrogen and oxygen atoms in total. The van der Waals surface area contributed by atoms with E-state index in [-0.39, 0.29) is 12.0 Å². The Morgan fingerprint density at radius 2 is 2.38 bits per heavy atom. The number of nitrogens with zero attached hydrogens (tertiary/aromatic N) is 2. The lowest BCUT2D eigenvalue weighted by molar-refractivity contribution is 0.0854. The summed E-state index contributed by atoms with van der Waals surface area (Å²) in [5.41, 5.74) is 0. The SMILES string of the molecule is CCCC(OC)c1noc(CCl)n1. The predicted molar refractivity (Wildman–Crippen MR) is 48.5 cm³/mol. The standard InChI is InChI=1S/C8H13ClN2O2/c1-3-4-6(12-2)8-10-7(5-9)13-11-8/h6H,3-5H2,1-2H3. The first kappa shape index (κ1) is 10.5. The molecule has 0 spiro atoms. The van der Waals surface area contributed by atoms with Crippen LogP contribution in [0.2, 0.25) is 0 Å². The van der Waals surface area contributed by atoms with Gasteiger partial charge in [-0.05, 0) is 6.42 Å². The van der Waals surface area contributed by atoms with Crippen LogP contribution in [0.4, 0.5) is 0 Å². The number of hydrogen-bond acceptors (Lipinski definition) is 4. The normalized spacial score (nSPS) is 13.2. The summed E-state index contributed by atoms with van der Waals surface area (Å²) in [6.45, 7) is 2.08. The van der Waals surface area contributed by atoms with Gasteiger partial charge in [0.15, 0.2) is 0 Å². The number of aromatic nitrogens is 2. The van der Waals surface area contributed by atoms with E-state index in [0.29, 0.717) is 11.7 Å². The van der Waals surface area contributed by atoms with Crippen molar-refractivity contribution in [1.29, 1.82) is 0 Å². The van der Waals surface area contributed by atoms with Crippen LogP contribution in [0.1, 0.15) is 37.6 Å². The maximum Gasteiger partial charge on any atom is 0.241 e. The first-order valence-electron chi connectivity index (χ1n) is 4.23. The van der Waals surface area contributed by atoms with Crippen LogP contribution in [0.25, 0.3) is 0 Å². The molecule has 0 radical (unpaired) electrons. The van der Waals surface area contributed by atoms with Crippen LogP contribution in [0.15, 0.2) is 4.52 Å². The average molecular weight is 205 g/mol. The van der Waals surface area contributed by atoms with Gasteiger partial charge in [-0.15, -0.1) is 11.6 Å². The summed E-state index contributed by atoms with van der Waals surface area (Å²) < 4.78 is 10.1. The topological polar surface area (TPSA) is 48.2 Å². The molecule has 0 aliphatic rings. The maximum absolute atomic E-state index is 5.53. The lowest BCUT2D eigenvalue weighted by atomic mass is 10.2. The van der Waals surface area contributed by atoms with Crippen LogP contribution in [-0.4, -0.2) is 17.3 Å². The highest BCUT2D eigenvalue weighted by Gasteiger charge is 2.16. The molecule has 0 fully saturated rings. The molecule has 5 heteroatoms. The summed E-state index contributed by atoms with van der Waals surface area (Å²) in [6, 6.07) is 0. The Labute approximate surface area is 82.2 Å². The molecule has 0 bridgehead atoms. The highest BCUT2D eigenvalue weighted by atomic mass is 35.5. The highest BCUT2D eigenvalue weighted by Crippen LogP contribution is 2.19. The van der Waals surface area contributed by atoms with E-state index in [9.17, 15) is 0 Å². The number of ether oxygens (including phenoxy) is 1. The molecule has 0 amide bonds. The number of methoxy groups -OCH3 is 1. The maximum atomic E-state index is 5.53. The van der Waals surface area contributed by atoms with Crippen molar-refractivity contribution in [1.82, 2.24) is 10.1 Å². The van der Waals surface area contributed by atoms with Gasteiger partial charge in [-0.1, -0.05) is 18.5 Å². The van der Waals surface area contributed by atoms with Crippen LogP contribution in [-0.2, 0) is 10.6 Å². The molecule has 0 saturated heterocycles. The summed E-state index contributed by atoms with van der Waals surface area (Å²) in [5, 5.41) is 3.78. The third-order valence-corrected chi connectivity index (χ3v) is 1.95. The number of alkyl halides is 1. The van der Waals surface area contributed by atoms with E-state index in [4.69, 9.17) is 20.9 Å². The highest BCUT2D eigenvalue weighted by molar-refractivity contribution is 6.16. The fourth-order valence-corrected chi connectivity index (χ4v) is 1.18. The molecule has 0 N–H and O–H groups in total. The van der Waals surface area contributed by atoms with E-state index in [1.54, 1.807) is 7.11 Å². The van der Waals surface area contributed by atoms with E-state index in [0.717, 1.165) is 12.8 Å². The van der Waals surface area contributed by atoms with Crippen molar-refractivity contribution in [3.05, 3.63) is 11.7 Å². The molecule has 1 atom stereocenters. The molecule has 1 heterocycles. The van der Waals surface area contributed by atoms with Gasteiger partial charge in [0, 0.05) is 7.11 Å². The van der Waals surface area contributed by atoms with Crippen LogP contribution < -0.4 is 0 Å². The summed E-state index contributed by atoms with van der Waals surface area (Å²) in [7, 11) is 1.64. The van der Waals surface area contributed by atoms with Crippen molar-refractivity contribution in [2.45, 2.75) is 31.7 Å². The fourth-order valence-electron chi connectivity index (χ4n) is 1.07. The zero-order chi connectivity index (χ0) is 9.68. The molecule has 1 rings (SSSR count). The smallest absolute Gasteiger partial charge is 0.241 e. The van der Waals surface area contributed by atoms with Crippen molar-refractivity contribution in [2.75, 3.05) is 7.11 Å². The molecule has 74 valence electrons. The van der Waals surface area contributed by atoms with Gasteiger partial charge in [-0.25, -0.2) is 0 Å². The van der Waals surface area contributed by atoms with E-state index < -0.39 is 0 Å². The van der Waals surface area contributed by atoms with Crippen LogP contribution in [0.3, 0.4) is 0 Å². The Balaban J connectivity index is 2.67. The molecule has 0 aliphatic heterocycles. The summed E-state index contributed by atoms with van der Waals surface area (Å²) in [6.07, 6.45) is 1.83. The first-order valence-corrected chi connectivity index (χ1v) is 4.76. The van der Waals surface area contributed by atoms with Crippen molar-refractivity contribution >= 4 is 11.6 Å². The van der Waals surface area contributed by atoms with Crippen molar-refractivity contribution < 1.29 is 9.26 Å². The van der Waals surface area contributed by atoms with E-state index >= 15 is 0 Å². The van der Waals surface area contributed by atoms with Gasteiger partial charge in [-0.2, -0.15) is 4.98 Å². The second kappa shape index (κ2) is 5.19. The number of rotatable bonds is 5. The lowest BCUT2D eigenvalue weighted by Crippen LogP contribution is -2.03. The minimum absolute atomic E-state index is 0.0780. The summed E-state index contributed by atoms with van der Waals surface area (Å²) >= 11 is 5.53. The van der Waals surface area contributed by atoms with Gasteiger partial charge >= 0.3 is 0 Å². The van der Waals surface area contributed by atoms with Crippen molar-refractivity contribution in [3.63, 3.8) is 0 Å². The van der Waals surface area contributed by atoms with E-state index in [1.165, 1.54) is 0 Å².